The van der Waals surface area contributed by atoms with Gasteiger partial charge in [0.25, 0.3) is 5.60 Å². The van der Waals surface area contributed by atoms with Crippen LogP contribution >= 0.6 is 0 Å². The number of hydrogen-bond acceptors (Lipinski definition) is 2. The van der Waals surface area contributed by atoms with Crippen molar-refractivity contribution in [1.29, 1.82) is 0 Å². The van der Waals surface area contributed by atoms with E-state index in [0.29, 0.717) is 0 Å². The average Bonchev–Trinajstić information content (AvgIpc) is 1.99. The van der Waals surface area contributed by atoms with Crippen LogP contribution in [0.15, 0.2) is 0 Å². The molecule has 0 fully saturated rings. The second-order valence-electron chi connectivity index (χ2n) is 3.67. The maximum Gasteiger partial charge on any atom is 0.427 e. The Hall–Kier alpha value is -0.790. The fraction of sp³-hybridized carbons (Fsp3) is 0.875. The van der Waals surface area contributed by atoms with Gasteiger partial charge < -0.3 is 9.90 Å². The van der Waals surface area contributed by atoms with E-state index in [4.69, 9.17) is 5.11 Å². The molecule has 0 bridgehead atoms. The van der Waals surface area contributed by atoms with Gasteiger partial charge in [0.15, 0.2) is 0 Å². The molecule has 0 aliphatic carbocycles. The van der Waals surface area contributed by atoms with Crippen LogP contribution in [0.25, 0.3) is 0 Å². The number of aldehydes is 1. The molecule has 8 heteroatoms. The van der Waals surface area contributed by atoms with Crippen LogP contribution in [-0.2, 0) is 4.79 Å². The van der Waals surface area contributed by atoms with Crippen molar-refractivity contribution in [3.63, 3.8) is 0 Å². The van der Waals surface area contributed by atoms with E-state index >= 15 is 0 Å². The van der Waals surface area contributed by atoms with E-state index in [2.05, 4.69) is 0 Å². The summed E-state index contributed by atoms with van der Waals surface area (Å²) in [6.45, 7) is 1.98. The highest BCUT2D eigenvalue weighted by atomic mass is 19.4. The standard InChI is InChI=1S/C8H10F6O2/c1-4(2)5(3-15)6(16,7(9,10)11)8(12,13)14/h3-5,16H,1-2H3/t5-/m1/s1. The molecule has 0 saturated heterocycles. The van der Waals surface area contributed by atoms with E-state index in [-0.39, 0.29) is 0 Å². The topological polar surface area (TPSA) is 37.3 Å². The van der Waals surface area contributed by atoms with Gasteiger partial charge in [0.2, 0.25) is 0 Å². The number of rotatable bonds is 3. The minimum Gasteiger partial charge on any atom is -0.373 e. The van der Waals surface area contributed by atoms with Gasteiger partial charge in [-0.2, -0.15) is 26.3 Å². The van der Waals surface area contributed by atoms with Crippen molar-refractivity contribution in [2.75, 3.05) is 0 Å². The molecule has 0 aliphatic rings. The Labute approximate surface area is 87.2 Å². The normalized spacial score (nSPS) is 16.4. The van der Waals surface area contributed by atoms with Crippen molar-refractivity contribution in [2.45, 2.75) is 31.8 Å². The molecule has 0 saturated carbocycles. The van der Waals surface area contributed by atoms with Crippen LogP contribution in [0.5, 0.6) is 0 Å². The third-order valence-electron chi connectivity index (χ3n) is 2.21. The molecule has 1 N–H and O–H groups in total. The van der Waals surface area contributed by atoms with Crippen LogP contribution < -0.4 is 0 Å². The molecule has 96 valence electrons. The number of halogens is 6. The monoisotopic (exact) mass is 252 g/mol. The van der Waals surface area contributed by atoms with E-state index in [1.165, 1.54) is 0 Å². The van der Waals surface area contributed by atoms with Crippen molar-refractivity contribution < 1.29 is 36.2 Å². The van der Waals surface area contributed by atoms with Crippen molar-refractivity contribution in [3.8, 4) is 0 Å². The molecule has 0 aromatic heterocycles. The maximum absolute atomic E-state index is 12.3. The molecule has 0 aromatic carbocycles. The van der Waals surface area contributed by atoms with Gasteiger partial charge in [0.05, 0.1) is 5.92 Å². The van der Waals surface area contributed by atoms with Crippen LogP contribution in [0.3, 0.4) is 0 Å². The van der Waals surface area contributed by atoms with Crippen LogP contribution in [0.2, 0.25) is 0 Å². The number of carbonyl (C=O) groups is 1. The Morgan fingerprint density at radius 2 is 1.31 bits per heavy atom. The molecule has 0 amide bonds. The molecule has 0 radical (unpaired) electrons. The van der Waals surface area contributed by atoms with E-state index in [1.54, 1.807) is 0 Å². The number of carbonyl (C=O) groups excluding carboxylic acids is 1. The molecule has 0 heterocycles. The summed E-state index contributed by atoms with van der Waals surface area (Å²) in [7, 11) is 0. The van der Waals surface area contributed by atoms with Crippen molar-refractivity contribution in [2.24, 2.45) is 11.8 Å². The van der Waals surface area contributed by atoms with E-state index < -0.39 is 36.1 Å². The number of alkyl halides is 6. The summed E-state index contributed by atoms with van der Waals surface area (Å²) < 4.78 is 73.6. The van der Waals surface area contributed by atoms with Gasteiger partial charge in [-0.05, 0) is 5.92 Å². The number of aliphatic hydroxyl groups is 1. The van der Waals surface area contributed by atoms with Crippen LogP contribution in [0, 0.1) is 11.8 Å². The van der Waals surface area contributed by atoms with E-state index in [0.717, 1.165) is 13.8 Å². The highest BCUT2D eigenvalue weighted by Gasteiger charge is 2.74. The lowest BCUT2D eigenvalue weighted by Gasteiger charge is -2.37. The predicted octanol–water partition coefficient (Wildman–Crippen LogP) is 2.31. The Balaban J connectivity index is 5.67. The van der Waals surface area contributed by atoms with Crippen LogP contribution in [-0.4, -0.2) is 29.3 Å². The maximum atomic E-state index is 12.3. The molecule has 16 heavy (non-hydrogen) atoms. The fourth-order valence-corrected chi connectivity index (χ4v) is 1.28. The molecule has 2 nitrogen and oxygen atoms in total. The molecule has 0 rings (SSSR count). The molecule has 0 aliphatic heterocycles. The summed E-state index contributed by atoms with van der Waals surface area (Å²) >= 11 is 0. The average molecular weight is 252 g/mol. The minimum atomic E-state index is -5.96. The minimum absolute atomic E-state index is 0.522. The predicted molar refractivity (Wildman–Crippen MR) is 41.5 cm³/mol. The third kappa shape index (κ3) is 2.31. The molecular formula is C8H10F6O2. The largest absolute Gasteiger partial charge is 0.427 e. The third-order valence-corrected chi connectivity index (χ3v) is 2.21. The summed E-state index contributed by atoms with van der Waals surface area (Å²) in [6, 6.07) is 0. The summed E-state index contributed by atoms with van der Waals surface area (Å²) in [5.41, 5.74) is -5.00. The van der Waals surface area contributed by atoms with Crippen molar-refractivity contribution in [3.05, 3.63) is 0 Å². The Bertz CT molecular complexity index is 240. The lowest BCUT2D eigenvalue weighted by molar-refractivity contribution is -0.382. The molecular weight excluding hydrogens is 242 g/mol. The van der Waals surface area contributed by atoms with Gasteiger partial charge in [-0.15, -0.1) is 0 Å². The second kappa shape index (κ2) is 4.23. The molecule has 0 unspecified atom stereocenters. The van der Waals surface area contributed by atoms with E-state index in [9.17, 15) is 31.1 Å². The fourth-order valence-electron chi connectivity index (χ4n) is 1.28. The molecule has 1 atom stereocenters. The smallest absolute Gasteiger partial charge is 0.373 e. The second-order valence-corrected chi connectivity index (χ2v) is 3.67. The first-order chi connectivity index (χ1) is 6.89. The first-order valence-corrected chi connectivity index (χ1v) is 4.20. The molecule has 0 spiro atoms. The van der Waals surface area contributed by atoms with Gasteiger partial charge in [0.1, 0.15) is 6.29 Å². The lowest BCUT2D eigenvalue weighted by Crippen LogP contribution is -2.63. The van der Waals surface area contributed by atoms with Gasteiger partial charge in [-0.25, -0.2) is 0 Å². The zero-order chi connectivity index (χ0) is 13.4. The summed E-state index contributed by atoms with van der Waals surface area (Å²) in [5, 5.41) is 8.83. The van der Waals surface area contributed by atoms with Crippen molar-refractivity contribution >= 4 is 6.29 Å². The van der Waals surface area contributed by atoms with E-state index in [1.807, 2.05) is 0 Å². The van der Waals surface area contributed by atoms with Gasteiger partial charge in [-0.3, -0.25) is 0 Å². The highest BCUT2D eigenvalue weighted by Crippen LogP contribution is 2.48. The Morgan fingerprint density at radius 3 is 1.38 bits per heavy atom. The van der Waals surface area contributed by atoms with Crippen LogP contribution in [0.1, 0.15) is 13.8 Å². The first-order valence-electron chi connectivity index (χ1n) is 4.20. The van der Waals surface area contributed by atoms with Gasteiger partial charge in [0, 0.05) is 0 Å². The SMILES string of the molecule is CC(C)[C@@H](C=O)C(O)(C(F)(F)F)C(F)(F)F. The quantitative estimate of drug-likeness (QED) is 0.618. The van der Waals surface area contributed by atoms with Crippen LogP contribution in [0.4, 0.5) is 26.3 Å². The summed E-state index contributed by atoms with van der Waals surface area (Å²) in [4.78, 5) is 10.3. The van der Waals surface area contributed by atoms with Crippen molar-refractivity contribution in [1.82, 2.24) is 0 Å². The van der Waals surface area contributed by atoms with Gasteiger partial charge in [-0.1, -0.05) is 13.8 Å². The first kappa shape index (κ1) is 15.2. The summed E-state index contributed by atoms with van der Waals surface area (Å²) in [5.74, 6) is -3.89. The number of hydrogen-bond donors (Lipinski definition) is 1. The Morgan fingerprint density at radius 1 is 1.00 bits per heavy atom. The molecule has 0 aromatic rings. The highest BCUT2D eigenvalue weighted by molar-refractivity contribution is 5.57. The summed E-state index contributed by atoms with van der Waals surface area (Å²) in [6.07, 6.45) is -12.4. The zero-order valence-corrected chi connectivity index (χ0v) is 8.36. The van der Waals surface area contributed by atoms with Gasteiger partial charge >= 0.3 is 12.4 Å². The Kier molecular flexibility index (Phi) is 4.02. The zero-order valence-electron chi connectivity index (χ0n) is 8.36. The lowest BCUT2D eigenvalue weighted by atomic mass is 9.79.